The van der Waals surface area contributed by atoms with Gasteiger partial charge in [-0.05, 0) is 27.9 Å². The van der Waals surface area contributed by atoms with Gasteiger partial charge in [0.1, 0.15) is 24.9 Å². The second-order valence-electron chi connectivity index (χ2n) is 7.13. The molecule has 0 radical (unpaired) electrons. The van der Waals surface area contributed by atoms with Crippen LogP contribution in [0, 0.1) is 6.92 Å². The van der Waals surface area contributed by atoms with Crippen LogP contribution in [0.4, 0.5) is 0 Å². The highest BCUT2D eigenvalue weighted by Crippen LogP contribution is 2.32. The monoisotopic (exact) mass is 400 g/mol. The molecule has 0 spiro atoms. The number of aromatic amines is 1. The Morgan fingerprint density at radius 2 is 2.14 bits per heavy atom. The molecule has 0 aromatic carbocycles. The number of amides is 1. The first-order valence-corrected chi connectivity index (χ1v) is 8.98. The van der Waals surface area contributed by atoms with Crippen molar-refractivity contribution in [1.82, 2.24) is 19.8 Å². The quantitative estimate of drug-likeness (QED) is 0.376. The largest absolute Gasteiger partial charge is 0.391 e. The van der Waals surface area contributed by atoms with E-state index in [4.69, 9.17) is 9.47 Å². The molecule has 11 nitrogen and oxygen atoms in total. The fraction of sp³-hybridized carbons (Fsp3) is 0.706. The van der Waals surface area contributed by atoms with Crippen molar-refractivity contribution in [1.29, 1.82) is 0 Å². The van der Waals surface area contributed by atoms with Crippen molar-refractivity contribution < 1.29 is 24.5 Å². The van der Waals surface area contributed by atoms with Gasteiger partial charge in [0.2, 0.25) is 5.91 Å². The third-order valence-corrected chi connectivity index (χ3v) is 4.43. The lowest BCUT2D eigenvalue weighted by molar-refractivity contribution is -0.133. The van der Waals surface area contributed by atoms with E-state index in [2.05, 4.69) is 10.3 Å². The molecule has 2 rings (SSSR count). The smallest absolute Gasteiger partial charge is 0.330 e. The highest BCUT2D eigenvalue weighted by Gasteiger charge is 2.48. The fourth-order valence-electron chi connectivity index (χ4n) is 2.90. The molecule has 0 saturated carbocycles. The summed E-state index contributed by atoms with van der Waals surface area (Å²) in [5.41, 5.74) is -1.02. The fourth-order valence-corrected chi connectivity index (χ4v) is 2.90. The Hall–Kier alpha value is -2.05. The third kappa shape index (κ3) is 5.26. The van der Waals surface area contributed by atoms with Crippen molar-refractivity contribution in [3.05, 3.63) is 32.6 Å². The average Bonchev–Trinajstić information content (AvgIpc) is 2.92. The van der Waals surface area contributed by atoms with Crippen LogP contribution in [0.25, 0.3) is 0 Å². The van der Waals surface area contributed by atoms with Crippen LogP contribution in [0.1, 0.15) is 18.7 Å². The minimum Gasteiger partial charge on any atom is -0.391 e. The van der Waals surface area contributed by atoms with E-state index in [-0.39, 0.29) is 12.2 Å². The van der Waals surface area contributed by atoms with Gasteiger partial charge in [0.25, 0.3) is 5.56 Å². The Balaban J connectivity index is 2.16. The van der Waals surface area contributed by atoms with Gasteiger partial charge in [-0.3, -0.25) is 19.1 Å². The Labute approximate surface area is 161 Å². The van der Waals surface area contributed by atoms with Gasteiger partial charge in [-0.2, -0.15) is 0 Å². The number of hydrogen-bond donors (Lipinski definition) is 4. The number of nitrogens with one attached hydrogen (secondary N) is 2. The van der Waals surface area contributed by atoms with E-state index >= 15 is 0 Å². The standard InChI is InChI=1S/C17H28N4O7/c1-9-7-21(17(26)19-15(9)25)16-14(12(24)13(28-16)10(2)22)27-8-11(23)18-5-6-20(3)4/h7,10,12-14,16,22,24H,5-6,8H2,1-4H3,(H,18,23)(H,19,25,26)/t10-,12-,13?,14-,16-/m1/s1. The average molecular weight is 400 g/mol. The van der Waals surface area contributed by atoms with Crippen molar-refractivity contribution in [2.24, 2.45) is 0 Å². The lowest BCUT2D eigenvalue weighted by Crippen LogP contribution is -2.42. The second-order valence-corrected chi connectivity index (χ2v) is 7.13. The number of ether oxygens (including phenoxy) is 2. The highest BCUT2D eigenvalue weighted by molar-refractivity contribution is 5.77. The van der Waals surface area contributed by atoms with E-state index in [0.717, 1.165) is 4.57 Å². The van der Waals surface area contributed by atoms with Gasteiger partial charge in [0.15, 0.2) is 6.23 Å². The lowest BCUT2D eigenvalue weighted by Gasteiger charge is -2.22. The van der Waals surface area contributed by atoms with Crippen LogP contribution >= 0.6 is 0 Å². The number of aromatic nitrogens is 2. The molecule has 1 aromatic heterocycles. The number of H-pyrrole nitrogens is 1. The number of aliphatic hydroxyl groups is 2. The highest BCUT2D eigenvalue weighted by atomic mass is 16.6. The third-order valence-electron chi connectivity index (χ3n) is 4.43. The van der Waals surface area contributed by atoms with E-state index in [1.165, 1.54) is 20.0 Å². The van der Waals surface area contributed by atoms with E-state index in [1.54, 1.807) is 0 Å². The molecule has 0 bridgehead atoms. The predicted octanol–water partition coefficient (Wildman–Crippen LogP) is -2.45. The SMILES string of the molecule is Cc1cn([C@@H]2OC([C@@H](C)O)[C@@H](O)[C@H]2OCC(=O)NCCN(C)C)c(=O)[nH]c1=O. The van der Waals surface area contributed by atoms with Crippen LogP contribution in [-0.2, 0) is 14.3 Å². The molecule has 1 amide bonds. The van der Waals surface area contributed by atoms with Crippen LogP contribution in [0.3, 0.4) is 0 Å². The number of nitrogens with zero attached hydrogens (tertiary/aromatic N) is 2. The summed E-state index contributed by atoms with van der Waals surface area (Å²) in [6.07, 6.45) is -4.27. The summed E-state index contributed by atoms with van der Waals surface area (Å²) in [6.45, 7) is 3.66. The van der Waals surface area contributed by atoms with E-state index in [9.17, 15) is 24.6 Å². The summed E-state index contributed by atoms with van der Waals surface area (Å²) in [4.78, 5) is 39.8. The van der Waals surface area contributed by atoms with Crippen LogP contribution in [0.5, 0.6) is 0 Å². The first kappa shape index (κ1) is 22.2. The van der Waals surface area contributed by atoms with Crippen molar-refractivity contribution in [3.63, 3.8) is 0 Å². The molecule has 11 heteroatoms. The summed E-state index contributed by atoms with van der Waals surface area (Å²) >= 11 is 0. The summed E-state index contributed by atoms with van der Waals surface area (Å²) in [5, 5.41) is 23.0. The van der Waals surface area contributed by atoms with Crippen LogP contribution in [0.15, 0.2) is 15.8 Å². The normalized spacial score (nSPS) is 25.8. The summed E-state index contributed by atoms with van der Waals surface area (Å²) in [7, 11) is 3.75. The van der Waals surface area contributed by atoms with Crippen molar-refractivity contribution >= 4 is 5.91 Å². The molecular weight excluding hydrogens is 372 g/mol. The molecule has 1 fully saturated rings. The van der Waals surface area contributed by atoms with Gasteiger partial charge in [0.05, 0.1) is 6.10 Å². The number of carbonyl (C=O) groups is 1. The predicted molar refractivity (Wildman–Crippen MR) is 99.0 cm³/mol. The first-order chi connectivity index (χ1) is 13.1. The molecular formula is C17H28N4O7. The Kier molecular flexibility index (Phi) is 7.49. The maximum atomic E-state index is 12.2. The topological polar surface area (TPSA) is 146 Å². The Bertz CT molecular complexity index is 788. The van der Waals surface area contributed by atoms with Gasteiger partial charge in [-0.25, -0.2) is 4.79 Å². The van der Waals surface area contributed by atoms with Crippen molar-refractivity contribution in [3.8, 4) is 0 Å². The van der Waals surface area contributed by atoms with Gasteiger partial charge < -0.3 is 29.9 Å². The number of rotatable bonds is 8. The maximum absolute atomic E-state index is 12.2. The Morgan fingerprint density at radius 1 is 1.46 bits per heavy atom. The van der Waals surface area contributed by atoms with Crippen LogP contribution in [0.2, 0.25) is 0 Å². The van der Waals surface area contributed by atoms with E-state index in [1.807, 2.05) is 19.0 Å². The van der Waals surface area contributed by atoms with Gasteiger partial charge in [0, 0.05) is 24.8 Å². The molecule has 1 aliphatic rings. The number of aliphatic hydroxyl groups excluding tert-OH is 2. The number of hydrogen-bond acceptors (Lipinski definition) is 8. The molecule has 4 N–H and O–H groups in total. The van der Waals surface area contributed by atoms with Gasteiger partial charge in [-0.1, -0.05) is 0 Å². The second kappa shape index (κ2) is 9.43. The molecule has 1 saturated heterocycles. The van der Waals surface area contributed by atoms with Gasteiger partial charge in [-0.15, -0.1) is 0 Å². The molecule has 1 unspecified atom stereocenters. The zero-order chi connectivity index (χ0) is 21.0. The van der Waals surface area contributed by atoms with Crippen LogP contribution < -0.4 is 16.6 Å². The molecule has 1 aromatic rings. The van der Waals surface area contributed by atoms with E-state index in [0.29, 0.717) is 13.1 Å². The minimum atomic E-state index is -1.28. The number of likely N-dealkylation sites (N-methyl/N-ethyl adjacent to an activating group) is 1. The molecule has 0 aliphatic carbocycles. The van der Waals surface area contributed by atoms with Gasteiger partial charge >= 0.3 is 5.69 Å². The molecule has 158 valence electrons. The molecule has 2 heterocycles. The van der Waals surface area contributed by atoms with Crippen LogP contribution in [-0.4, -0.2) is 88.8 Å². The molecule has 1 aliphatic heterocycles. The maximum Gasteiger partial charge on any atom is 0.330 e. The lowest BCUT2D eigenvalue weighted by atomic mass is 10.1. The molecule has 5 atom stereocenters. The summed E-state index contributed by atoms with van der Waals surface area (Å²) in [5.74, 6) is -0.390. The minimum absolute atomic E-state index is 0.262. The van der Waals surface area contributed by atoms with E-state index < -0.39 is 47.8 Å². The van der Waals surface area contributed by atoms with Crippen molar-refractivity contribution in [2.75, 3.05) is 33.8 Å². The number of carbonyl (C=O) groups excluding carboxylic acids is 1. The summed E-state index contributed by atoms with van der Waals surface area (Å²) in [6, 6.07) is 0. The molecule has 28 heavy (non-hydrogen) atoms. The van der Waals surface area contributed by atoms with Crippen molar-refractivity contribution in [2.45, 2.75) is 44.5 Å². The first-order valence-electron chi connectivity index (χ1n) is 8.98. The summed E-state index contributed by atoms with van der Waals surface area (Å²) < 4.78 is 12.3. The Morgan fingerprint density at radius 3 is 2.75 bits per heavy atom. The zero-order valence-electron chi connectivity index (χ0n) is 16.4. The zero-order valence-corrected chi connectivity index (χ0v) is 16.4. The number of aryl methyl sites for hydroxylation is 1.